The number of nitrogens with one attached hydrogen (secondary N) is 1. The fraction of sp³-hybridized carbons (Fsp3) is 0.533. The van der Waals surface area contributed by atoms with Crippen LogP contribution in [0, 0.1) is 0 Å². The molecular formula is C15H27IN4O. The van der Waals surface area contributed by atoms with E-state index in [9.17, 15) is 0 Å². The van der Waals surface area contributed by atoms with Crippen LogP contribution in [0.15, 0.2) is 29.3 Å². The Balaban J connectivity index is 0.00000400. The van der Waals surface area contributed by atoms with Gasteiger partial charge in [-0.25, -0.2) is 4.99 Å². The van der Waals surface area contributed by atoms with Gasteiger partial charge < -0.3 is 20.7 Å². The summed E-state index contributed by atoms with van der Waals surface area (Å²) in [6.45, 7) is 5.08. The Kier molecular flexibility index (Phi) is 11.1. The lowest BCUT2D eigenvalue weighted by atomic mass is 10.2. The topological polar surface area (TPSA) is 62.9 Å². The molecule has 0 heterocycles. The van der Waals surface area contributed by atoms with Crippen molar-refractivity contribution in [2.45, 2.75) is 19.9 Å². The van der Waals surface area contributed by atoms with E-state index in [-0.39, 0.29) is 24.0 Å². The molecule has 0 bridgehead atoms. The van der Waals surface area contributed by atoms with Crippen molar-refractivity contribution in [1.82, 2.24) is 10.2 Å². The van der Waals surface area contributed by atoms with E-state index in [1.165, 1.54) is 0 Å². The molecular weight excluding hydrogens is 379 g/mol. The van der Waals surface area contributed by atoms with E-state index in [2.05, 4.69) is 22.1 Å². The number of benzene rings is 1. The molecule has 0 atom stereocenters. The van der Waals surface area contributed by atoms with E-state index in [0.717, 1.165) is 30.8 Å². The molecule has 0 spiro atoms. The maximum absolute atomic E-state index is 5.76. The zero-order valence-corrected chi connectivity index (χ0v) is 15.5. The third-order valence-electron chi connectivity index (χ3n) is 2.69. The highest BCUT2D eigenvalue weighted by atomic mass is 127. The highest BCUT2D eigenvalue weighted by Gasteiger charge is 1.98. The highest BCUT2D eigenvalue weighted by Crippen LogP contribution is 2.13. The first-order valence-electron chi connectivity index (χ1n) is 7.02. The zero-order valence-electron chi connectivity index (χ0n) is 13.1. The minimum atomic E-state index is 0. The number of aliphatic imine (C=N–C) groups is 1. The average Bonchev–Trinajstić information content (AvgIpc) is 2.43. The van der Waals surface area contributed by atoms with Crippen molar-refractivity contribution in [3.05, 3.63) is 29.8 Å². The Morgan fingerprint density at radius 3 is 2.81 bits per heavy atom. The summed E-state index contributed by atoms with van der Waals surface area (Å²) in [6, 6.07) is 7.97. The summed E-state index contributed by atoms with van der Waals surface area (Å²) >= 11 is 0. The van der Waals surface area contributed by atoms with Crippen LogP contribution >= 0.6 is 24.0 Å². The molecule has 0 aliphatic rings. The van der Waals surface area contributed by atoms with E-state index >= 15 is 0 Å². The first-order valence-corrected chi connectivity index (χ1v) is 7.02. The Hall–Kier alpha value is -1.02. The first-order chi connectivity index (χ1) is 9.61. The molecule has 0 saturated carbocycles. The van der Waals surface area contributed by atoms with Gasteiger partial charge in [0.05, 0.1) is 6.54 Å². The van der Waals surface area contributed by atoms with Gasteiger partial charge in [0.15, 0.2) is 5.96 Å². The monoisotopic (exact) mass is 406 g/mol. The molecule has 3 N–H and O–H groups in total. The Bertz CT molecular complexity index is 424. The van der Waals surface area contributed by atoms with Crippen LogP contribution in [0.1, 0.15) is 18.9 Å². The van der Waals surface area contributed by atoms with Gasteiger partial charge in [0, 0.05) is 13.1 Å². The molecule has 0 aliphatic heterocycles. The third-order valence-corrected chi connectivity index (χ3v) is 2.69. The normalized spacial score (nSPS) is 11.1. The number of hydrogen-bond donors (Lipinski definition) is 2. The third kappa shape index (κ3) is 9.52. The second kappa shape index (κ2) is 11.6. The van der Waals surface area contributed by atoms with Gasteiger partial charge in [0.2, 0.25) is 0 Å². The molecule has 0 aliphatic carbocycles. The fourth-order valence-corrected chi connectivity index (χ4v) is 1.57. The Morgan fingerprint density at radius 2 is 2.14 bits per heavy atom. The van der Waals surface area contributed by atoms with Gasteiger partial charge in [-0.2, -0.15) is 0 Å². The molecule has 0 saturated heterocycles. The van der Waals surface area contributed by atoms with E-state index in [4.69, 9.17) is 10.5 Å². The summed E-state index contributed by atoms with van der Waals surface area (Å²) in [6.07, 6.45) is 1.03. The van der Waals surface area contributed by atoms with Crippen molar-refractivity contribution in [3.63, 3.8) is 0 Å². The predicted octanol–water partition coefficient (Wildman–Crippen LogP) is 2.06. The average molecular weight is 406 g/mol. The molecule has 6 heteroatoms. The van der Waals surface area contributed by atoms with E-state index < -0.39 is 0 Å². The number of ether oxygens (including phenoxy) is 1. The van der Waals surface area contributed by atoms with Crippen molar-refractivity contribution in [3.8, 4) is 5.75 Å². The van der Waals surface area contributed by atoms with Crippen molar-refractivity contribution in [2.75, 3.05) is 33.8 Å². The molecule has 0 fully saturated rings. The second-order valence-corrected chi connectivity index (χ2v) is 4.93. The van der Waals surface area contributed by atoms with Crippen molar-refractivity contribution in [1.29, 1.82) is 0 Å². The van der Waals surface area contributed by atoms with Crippen LogP contribution in [0.4, 0.5) is 0 Å². The van der Waals surface area contributed by atoms with Gasteiger partial charge in [0.25, 0.3) is 0 Å². The number of likely N-dealkylation sites (N-methyl/N-ethyl adjacent to an activating group) is 1. The molecule has 120 valence electrons. The number of halogens is 1. The molecule has 0 aromatic heterocycles. The lowest BCUT2D eigenvalue weighted by Crippen LogP contribution is -2.32. The molecule has 0 amide bonds. The summed E-state index contributed by atoms with van der Waals surface area (Å²) in [5.74, 6) is 1.37. The quantitative estimate of drug-likeness (QED) is 0.394. The lowest BCUT2D eigenvalue weighted by molar-refractivity contribution is 0.261. The summed E-state index contributed by atoms with van der Waals surface area (Å²) in [4.78, 5) is 6.39. The molecule has 5 nitrogen and oxygen atoms in total. The SMILES string of the molecule is CCCNC(N)=NCc1cccc(OCCN(C)C)c1.I. The predicted molar refractivity (Wildman–Crippen MR) is 99.5 cm³/mol. The van der Waals surface area contributed by atoms with Crippen LogP contribution in [-0.4, -0.2) is 44.7 Å². The Morgan fingerprint density at radius 1 is 1.38 bits per heavy atom. The van der Waals surface area contributed by atoms with Crippen LogP contribution in [0.5, 0.6) is 5.75 Å². The highest BCUT2D eigenvalue weighted by molar-refractivity contribution is 14.0. The molecule has 0 radical (unpaired) electrons. The maximum Gasteiger partial charge on any atom is 0.188 e. The van der Waals surface area contributed by atoms with E-state index in [1.807, 2.05) is 38.4 Å². The van der Waals surface area contributed by atoms with Crippen LogP contribution in [0.3, 0.4) is 0 Å². The number of hydrogen-bond acceptors (Lipinski definition) is 3. The van der Waals surface area contributed by atoms with Crippen LogP contribution in [0.2, 0.25) is 0 Å². The van der Waals surface area contributed by atoms with Gasteiger partial charge in [0.1, 0.15) is 12.4 Å². The van der Waals surface area contributed by atoms with Gasteiger partial charge in [-0.05, 0) is 38.2 Å². The summed E-state index contributed by atoms with van der Waals surface area (Å²) < 4.78 is 5.69. The number of guanidine groups is 1. The first kappa shape index (κ1) is 20.0. The number of nitrogens with zero attached hydrogens (tertiary/aromatic N) is 2. The summed E-state index contributed by atoms with van der Waals surface area (Å²) in [5, 5.41) is 3.05. The van der Waals surface area contributed by atoms with Gasteiger partial charge in [-0.1, -0.05) is 19.1 Å². The number of nitrogens with two attached hydrogens (primary N) is 1. The van der Waals surface area contributed by atoms with Gasteiger partial charge in [-0.15, -0.1) is 24.0 Å². The second-order valence-electron chi connectivity index (χ2n) is 4.93. The van der Waals surface area contributed by atoms with Crippen LogP contribution in [0.25, 0.3) is 0 Å². The van der Waals surface area contributed by atoms with Gasteiger partial charge in [-0.3, -0.25) is 0 Å². The van der Waals surface area contributed by atoms with Crippen molar-refractivity contribution in [2.24, 2.45) is 10.7 Å². The summed E-state index contributed by atoms with van der Waals surface area (Å²) in [7, 11) is 4.06. The van der Waals surface area contributed by atoms with Crippen LogP contribution < -0.4 is 15.8 Å². The minimum absolute atomic E-state index is 0. The van der Waals surface area contributed by atoms with Crippen molar-refractivity contribution >= 4 is 29.9 Å². The van der Waals surface area contributed by atoms with E-state index in [0.29, 0.717) is 19.1 Å². The molecule has 21 heavy (non-hydrogen) atoms. The number of rotatable bonds is 8. The molecule has 1 rings (SSSR count). The maximum atomic E-state index is 5.76. The van der Waals surface area contributed by atoms with Crippen molar-refractivity contribution < 1.29 is 4.74 Å². The molecule has 1 aromatic carbocycles. The summed E-state index contributed by atoms with van der Waals surface area (Å²) in [5.41, 5.74) is 6.85. The lowest BCUT2D eigenvalue weighted by Gasteiger charge is -2.11. The van der Waals surface area contributed by atoms with E-state index in [1.54, 1.807) is 0 Å². The fourth-order valence-electron chi connectivity index (χ4n) is 1.57. The standard InChI is InChI=1S/C15H26N4O.HI/c1-4-8-17-15(16)18-12-13-6-5-7-14(11-13)20-10-9-19(2)3;/h5-7,11H,4,8-10,12H2,1-3H3,(H3,16,17,18);1H. The Labute approximate surface area is 145 Å². The van der Waals surface area contributed by atoms with Crippen LogP contribution in [-0.2, 0) is 6.54 Å². The van der Waals surface area contributed by atoms with Gasteiger partial charge >= 0.3 is 0 Å². The zero-order chi connectivity index (χ0) is 14.8. The smallest absolute Gasteiger partial charge is 0.188 e. The molecule has 0 unspecified atom stereocenters. The minimum Gasteiger partial charge on any atom is -0.492 e. The largest absolute Gasteiger partial charge is 0.492 e. The molecule has 1 aromatic rings.